The van der Waals surface area contributed by atoms with E-state index in [-0.39, 0.29) is 12.6 Å². The van der Waals surface area contributed by atoms with E-state index >= 15 is 0 Å². The SMILES string of the molecule is CCCNc1nc(OCCCO)nc(N(C)C)n1. The molecule has 0 aliphatic rings. The molecule has 0 amide bonds. The molecule has 1 rings (SSSR count). The smallest absolute Gasteiger partial charge is 0.323 e. The highest BCUT2D eigenvalue weighted by atomic mass is 16.5. The summed E-state index contributed by atoms with van der Waals surface area (Å²) in [6.45, 7) is 3.35. The van der Waals surface area contributed by atoms with Gasteiger partial charge in [-0.05, 0) is 6.42 Å². The zero-order chi connectivity index (χ0) is 13.4. The van der Waals surface area contributed by atoms with Crippen molar-refractivity contribution in [3.05, 3.63) is 0 Å². The summed E-state index contributed by atoms with van der Waals surface area (Å²) in [5.74, 6) is 1.05. The fourth-order valence-electron chi connectivity index (χ4n) is 1.15. The summed E-state index contributed by atoms with van der Waals surface area (Å²) in [4.78, 5) is 14.4. The van der Waals surface area contributed by atoms with Crippen LogP contribution in [0.5, 0.6) is 6.01 Å². The summed E-state index contributed by atoms with van der Waals surface area (Å²) in [6.07, 6.45) is 1.55. The molecule has 2 N–H and O–H groups in total. The lowest BCUT2D eigenvalue weighted by Crippen LogP contribution is -2.16. The predicted molar refractivity (Wildman–Crippen MR) is 70.1 cm³/mol. The van der Waals surface area contributed by atoms with E-state index in [1.807, 2.05) is 14.1 Å². The predicted octanol–water partition coefficient (Wildman–Crippen LogP) is 0.521. The summed E-state index contributed by atoms with van der Waals surface area (Å²) in [5, 5.41) is 11.8. The van der Waals surface area contributed by atoms with Gasteiger partial charge < -0.3 is 20.1 Å². The molecule has 0 aromatic carbocycles. The Morgan fingerprint density at radius 3 is 2.67 bits per heavy atom. The van der Waals surface area contributed by atoms with E-state index in [4.69, 9.17) is 9.84 Å². The van der Waals surface area contributed by atoms with Crippen LogP contribution in [0.1, 0.15) is 19.8 Å². The molecule has 18 heavy (non-hydrogen) atoms. The van der Waals surface area contributed by atoms with Crippen LogP contribution >= 0.6 is 0 Å². The number of rotatable bonds is 8. The standard InChI is InChI=1S/C11H21N5O2/c1-4-6-12-9-13-10(16(2)3)15-11(14-9)18-8-5-7-17/h17H,4-8H2,1-3H3,(H,12,13,14,15). The Hall–Kier alpha value is -1.63. The second-order valence-corrected chi connectivity index (χ2v) is 3.99. The van der Waals surface area contributed by atoms with Crippen molar-refractivity contribution in [3.63, 3.8) is 0 Å². The molecule has 0 radical (unpaired) electrons. The first kappa shape index (κ1) is 14.4. The number of ether oxygens (including phenoxy) is 1. The normalized spacial score (nSPS) is 10.2. The van der Waals surface area contributed by atoms with E-state index in [9.17, 15) is 0 Å². The fourth-order valence-corrected chi connectivity index (χ4v) is 1.15. The summed E-state index contributed by atoms with van der Waals surface area (Å²) in [6, 6.07) is 0.278. The van der Waals surface area contributed by atoms with Gasteiger partial charge in [0, 0.05) is 33.7 Å². The van der Waals surface area contributed by atoms with Gasteiger partial charge in [-0.15, -0.1) is 0 Å². The van der Waals surface area contributed by atoms with E-state index in [1.165, 1.54) is 0 Å². The molecule has 1 aromatic rings. The fraction of sp³-hybridized carbons (Fsp3) is 0.727. The number of hydrogen-bond donors (Lipinski definition) is 2. The highest BCUT2D eigenvalue weighted by Crippen LogP contribution is 2.13. The number of aliphatic hydroxyl groups excluding tert-OH is 1. The number of hydrogen-bond acceptors (Lipinski definition) is 7. The first-order valence-electron chi connectivity index (χ1n) is 6.08. The van der Waals surface area contributed by atoms with Gasteiger partial charge in [0.2, 0.25) is 11.9 Å². The molecule has 0 atom stereocenters. The Bertz CT molecular complexity index is 359. The van der Waals surface area contributed by atoms with Crippen LogP contribution in [0.15, 0.2) is 0 Å². The van der Waals surface area contributed by atoms with E-state index in [0.29, 0.717) is 24.9 Å². The second kappa shape index (κ2) is 7.65. The Labute approximate surface area is 107 Å². The van der Waals surface area contributed by atoms with Gasteiger partial charge in [-0.2, -0.15) is 15.0 Å². The van der Waals surface area contributed by atoms with Crippen LogP contribution in [0.2, 0.25) is 0 Å². The van der Waals surface area contributed by atoms with E-state index in [2.05, 4.69) is 27.2 Å². The van der Waals surface area contributed by atoms with Crippen molar-refractivity contribution >= 4 is 11.9 Å². The highest BCUT2D eigenvalue weighted by Gasteiger charge is 2.08. The van der Waals surface area contributed by atoms with Crippen LogP contribution < -0.4 is 15.0 Å². The van der Waals surface area contributed by atoms with Crippen LogP contribution in [0, 0.1) is 0 Å². The topological polar surface area (TPSA) is 83.4 Å². The van der Waals surface area contributed by atoms with Gasteiger partial charge >= 0.3 is 6.01 Å². The molecule has 0 spiro atoms. The van der Waals surface area contributed by atoms with Crippen LogP contribution in [0.3, 0.4) is 0 Å². The van der Waals surface area contributed by atoms with Crippen molar-refractivity contribution in [1.82, 2.24) is 15.0 Å². The second-order valence-electron chi connectivity index (χ2n) is 3.99. The molecular weight excluding hydrogens is 234 g/mol. The zero-order valence-corrected chi connectivity index (χ0v) is 11.2. The summed E-state index contributed by atoms with van der Waals surface area (Å²) >= 11 is 0. The summed E-state index contributed by atoms with van der Waals surface area (Å²) in [5.41, 5.74) is 0. The average Bonchev–Trinajstić information content (AvgIpc) is 2.36. The molecular formula is C11H21N5O2. The minimum atomic E-state index is 0.0898. The zero-order valence-electron chi connectivity index (χ0n) is 11.2. The molecule has 0 saturated carbocycles. The molecule has 7 nitrogen and oxygen atoms in total. The van der Waals surface area contributed by atoms with E-state index in [1.54, 1.807) is 4.90 Å². The van der Waals surface area contributed by atoms with E-state index < -0.39 is 0 Å². The van der Waals surface area contributed by atoms with Crippen molar-refractivity contribution in [2.75, 3.05) is 44.1 Å². The average molecular weight is 255 g/mol. The summed E-state index contributed by atoms with van der Waals surface area (Å²) < 4.78 is 5.37. The molecule has 0 aliphatic carbocycles. The Balaban J connectivity index is 2.77. The van der Waals surface area contributed by atoms with Gasteiger partial charge in [0.25, 0.3) is 0 Å². The first-order chi connectivity index (χ1) is 8.67. The maximum absolute atomic E-state index is 8.70. The maximum atomic E-state index is 8.70. The number of aliphatic hydroxyl groups is 1. The first-order valence-corrected chi connectivity index (χ1v) is 6.08. The van der Waals surface area contributed by atoms with Gasteiger partial charge in [0.1, 0.15) is 0 Å². The van der Waals surface area contributed by atoms with Gasteiger partial charge in [0.05, 0.1) is 6.61 Å². The lowest BCUT2D eigenvalue weighted by Gasteiger charge is -2.13. The van der Waals surface area contributed by atoms with Crippen molar-refractivity contribution in [1.29, 1.82) is 0 Å². The van der Waals surface area contributed by atoms with Crippen LogP contribution in [0.4, 0.5) is 11.9 Å². The third kappa shape index (κ3) is 4.70. The Morgan fingerprint density at radius 2 is 2.06 bits per heavy atom. The minimum absolute atomic E-state index is 0.0898. The van der Waals surface area contributed by atoms with Crippen LogP contribution in [-0.2, 0) is 0 Å². The third-order valence-corrected chi connectivity index (χ3v) is 2.07. The maximum Gasteiger partial charge on any atom is 0.323 e. The monoisotopic (exact) mass is 255 g/mol. The molecule has 0 fully saturated rings. The van der Waals surface area contributed by atoms with Crippen molar-refractivity contribution < 1.29 is 9.84 Å². The van der Waals surface area contributed by atoms with Crippen LogP contribution in [-0.4, -0.2) is 53.9 Å². The minimum Gasteiger partial charge on any atom is -0.463 e. The molecule has 102 valence electrons. The molecule has 0 aliphatic heterocycles. The number of anilines is 2. The largest absolute Gasteiger partial charge is 0.463 e. The lowest BCUT2D eigenvalue weighted by atomic mass is 10.5. The van der Waals surface area contributed by atoms with Gasteiger partial charge in [-0.1, -0.05) is 6.92 Å². The van der Waals surface area contributed by atoms with Gasteiger partial charge in [0.15, 0.2) is 0 Å². The van der Waals surface area contributed by atoms with Gasteiger partial charge in [-0.3, -0.25) is 0 Å². The molecule has 1 aromatic heterocycles. The quantitative estimate of drug-likeness (QED) is 0.655. The Kier molecular flexibility index (Phi) is 6.13. The number of nitrogens with one attached hydrogen (secondary N) is 1. The third-order valence-electron chi connectivity index (χ3n) is 2.07. The summed E-state index contributed by atoms with van der Waals surface area (Å²) in [7, 11) is 3.72. The Morgan fingerprint density at radius 1 is 1.28 bits per heavy atom. The molecule has 0 unspecified atom stereocenters. The molecule has 7 heteroatoms. The van der Waals surface area contributed by atoms with E-state index in [0.717, 1.165) is 13.0 Å². The molecule has 1 heterocycles. The van der Waals surface area contributed by atoms with Crippen molar-refractivity contribution in [2.24, 2.45) is 0 Å². The van der Waals surface area contributed by atoms with Crippen LogP contribution in [0.25, 0.3) is 0 Å². The number of nitrogens with zero attached hydrogens (tertiary/aromatic N) is 4. The molecule has 0 saturated heterocycles. The van der Waals surface area contributed by atoms with Crippen molar-refractivity contribution in [3.8, 4) is 6.01 Å². The number of aromatic nitrogens is 3. The highest BCUT2D eigenvalue weighted by molar-refractivity contribution is 5.36. The lowest BCUT2D eigenvalue weighted by molar-refractivity contribution is 0.224. The van der Waals surface area contributed by atoms with Gasteiger partial charge in [-0.25, -0.2) is 0 Å². The molecule has 0 bridgehead atoms. The van der Waals surface area contributed by atoms with Crippen molar-refractivity contribution in [2.45, 2.75) is 19.8 Å².